The highest BCUT2D eigenvalue weighted by Gasteiger charge is 2.30. The van der Waals surface area contributed by atoms with Gasteiger partial charge in [-0.15, -0.1) is 0 Å². The third-order valence-electron chi connectivity index (χ3n) is 7.24. The molecule has 2 aliphatic heterocycles. The van der Waals surface area contributed by atoms with Crippen molar-refractivity contribution in [2.45, 2.75) is 63.1 Å². The minimum atomic E-state index is -0.686. The van der Waals surface area contributed by atoms with E-state index in [0.717, 1.165) is 64.3 Å². The zero-order valence-electron chi connectivity index (χ0n) is 20.6. The molecule has 0 unspecified atom stereocenters. The van der Waals surface area contributed by atoms with Crippen molar-refractivity contribution >= 4 is 11.9 Å². The molecule has 3 aliphatic rings. The number of benzene rings is 1. The number of urea groups is 1. The molecule has 35 heavy (non-hydrogen) atoms. The van der Waals surface area contributed by atoms with Crippen molar-refractivity contribution < 1.29 is 24.2 Å². The third-order valence-corrected chi connectivity index (χ3v) is 7.24. The van der Waals surface area contributed by atoms with Crippen LogP contribution in [0.25, 0.3) is 0 Å². The average molecular weight is 489 g/mol. The summed E-state index contributed by atoms with van der Waals surface area (Å²) < 4.78 is 11.2. The first-order valence-corrected chi connectivity index (χ1v) is 13.2. The number of rotatable bonds is 7. The highest BCUT2D eigenvalue weighted by molar-refractivity contribution is 5.94. The minimum Gasteiger partial charge on any atom is -0.492 e. The number of aliphatic hydroxyl groups excluding tert-OH is 1. The van der Waals surface area contributed by atoms with Crippen LogP contribution in [-0.4, -0.2) is 97.6 Å². The summed E-state index contributed by atoms with van der Waals surface area (Å²) in [6.45, 7) is 5.69. The predicted molar refractivity (Wildman–Crippen MR) is 133 cm³/mol. The molecular formula is C26H40N4O5. The van der Waals surface area contributed by atoms with Crippen molar-refractivity contribution in [2.24, 2.45) is 0 Å². The Morgan fingerprint density at radius 2 is 1.71 bits per heavy atom. The van der Waals surface area contributed by atoms with Gasteiger partial charge in [-0.3, -0.25) is 9.69 Å². The van der Waals surface area contributed by atoms with E-state index in [-0.39, 0.29) is 18.0 Å². The fourth-order valence-electron chi connectivity index (χ4n) is 5.05. The molecule has 3 fully saturated rings. The van der Waals surface area contributed by atoms with Crippen molar-refractivity contribution in [1.29, 1.82) is 0 Å². The van der Waals surface area contributed by atoms with Crippen LogP contribution in [0, 0.1) is 0 Å². The Morgan fingerprint density at radius 3 is 2.46 bits per heavy atom. The van der Waals surface area contributed by atoms with Crippen LogP contribution in [0.3, 0.4) is 0 Å². The first-order chi connectivity index (χ1) is 17.1. The maximum absolute atomic E-state index is 12.9. The topological polar surface area (TPSA) is 103 Å². The van der Waals surface area contributed by atoms with Gasteiger partial charge in [0, 0.05) is 44.3 Å². The molecular weight excluding hydrogens is 448 g/mol. The van der Waals surface area contributed by atoms with Crippen LogP contribution < -0.4 is 15.4 Å². The van der Waals surface area contributed by atoms with Crippen molar-refractivity contribution in [3.63, 3.8) is 0 Å². The number of amides is 3. The Labute approximate surface area is 208 Å². The number of carbonyl (C=O) groups excluding carboxylic acids is 2. The average Bonchev–Trinajstić information content (AvgIpc) is 3.07. The van der Waals surface area contributed by atoms with Gasteiger partial charge >= 0.3 is 6.03 Å². The molecule has 0 radical (unpaired) electrons. The van der Waals surface area contributed by atoms with E-state index in [1.165, 1.54) is 6.42 Å². The summed E-state index contributed by atoms with van der Waals surface area (Å²) in [4.78, 5) is 29.8. The van der Waals surface area contributed by atoms with E-state index < -0.39 is 12.1 Å². The summed E-state index contributed by atoms with van der Waals surface area (Å²) in [5.41, 5.74) is 0.500. The summed E-state index contributed by atoms with van der Waals surface area (Å²) >= 11 is 0. The van der Waals surface area contributed by atoms with Crippen molar-refractivity contribution in [3.05, 3.63) is 29.8 Å². The molecule has 1 aromatic rings. The molecule has 3 amide bonds. The molecule has 0 spiro atoms. The van der Waals surface area contributed by atoms with Crippen molar-refractivity contribution in [1.82, 2.24) is 20.4 Å². The van der Waals surface area contributed by atoms with Gasteiger partial charge in [-0.1, -0.05) is 19.3 Å². The molecule has 9 nitrogen and oxygen atoms in total. The fourth-order valence-corrected chi connectivity index (χ4v) is 5.05. The molecule has 1 aromatic carbocycles. The van der Waals surface area contributed by atoms with Crippen molar-refractivity contribution in [2.75, 3.05) is 52.5 Å². The van der Waals surface area contributed by atoms with E-state index in [1.807, 2.05) is 0 Å². The normalized spacial score (nSPS) is 24.4. The van der Waals surface area contributed by atoms with Crippen LogP contribution in [0.2, 0.25) is 0 Å². The summed E-state index contributed by atoms with van der Waals surface area (Å²) in [7, 11) is 0. The smallest absolute Gasteiger partial charge is 0.317 e. The molecule has 0 aromatic heterocycles. The van der Waals surface area contributed by atoms with E-state index in [1.54, 1.807) is 29.2 Å². The van der Waals surface area contributed by atoms with E-state index in [4.69, 9.17) is 9.47 Å². The van der Waals surface area contributed by atoms with Crippen LogP contribution >= 0.6 is 0 Å². The second-order valence-corrected chi connectivity index (χ2v) is 9.85. The first kappa shape index (κ1) is 25.7. The lowest BCUT2D eigenvalue weighted by Gasteiger charge is -2.30. The van der Waals surface area contributed by atoms with Crippen LogP contribution in [-0.2, 0) is 4.74 Å². The number of aliphatic hydroxyl groups is 1. The number of hydrogen-bond acceptors (Lipinski definition) is 6. The third kappa shape index (κ3) is 7.81. The van der Waals surface area contributed by atoms with Crippen LogP contribution in [0.5, 0.6) is 5.75 Å². The van der Waals surface area contributed by atoms with Crippen LogP contribution in [0.15, 0.2) is 24.3 Å². The van der Waals surface area contributed by atoms with Gasteiger partial charge in [-0.25, -0.2) is 4.79 Å². The van der Waals surface area contributed by atoms with Gasteiger partial charge in [0.15, 0.2) is 0 Å². The predicted octanol–water partition coefficient (Wildman–Crippen LogP) is 1.99. The molecule has 9 heteroatoms. The maximum atomic E-state index is 12.9. The zero-order chi connectivity index (χ0) is 24.5. The first-order valence-electron chi connectivity index (χ1n) is 13.2. The van der Waals surface area contributed by atoms with Gasteiger partial charge in [0.25, 0.3) is 5.91 Å². The number of carbonyl (C=O) groups is 2. The van der Waals surface area contributed by atoms with E-state index in [0.29, 0.717) is 38.1 Å². The lowest BCUT2D eigenvalue weighted by molar-refractivity contribution is 0.0322. The minimum absolute atomic E-state index is 0.0937. The molecule has 2 saturated heterocycles. The zero-order valence-corrected chi connectivity index (χ0v) is 20.6. The van der Waals surface area contributed by atoms with Gasteiger partial charge in [0.05, 0.1) is 25.4 Å². The summed E-state index contributed by atoms with van der Waals surface area (Å²) in [5.74, 6) is 0.457. The molecule has 194 valence electrons. The second-order valence-electron chi connectivity index (χ2n) is 9.85. The highest BCUT2D eigenvalue weighted by Crippen LogP contribution is 2.19. The van der Waals surface area contributed by atoms with Gasteiger partial charge in [-0.05, 0) is 49.9 Å². The van der Waals surface area contributed by atoms with Gasteiger partial charge in [-0.2, -0.15) is 0 Å². The number of likely N-dealkylation sites (tertiary alicyclic amines) is 1. The Morgan fingerprint density at radius 1 is 0.971 bits per heavy atom. The molecule has 1 aliphatic carbocycles. The lowest BCUT2D eigenvalue weighted by atomic mass is 9.96. The Bertz CT molecular complexity index is 808. The summed E-state index contributed by atoms with van der Waals surface area (Å²) in [6, 6.07) is 6.68. The number of nitrogens with one attached hydrogen (secondary N) is 2. The Hall–Kier alpha value is -2.36. The number of ether oxygens (including phenoxy) is 2. The Kier molecular flexibility index (Phi) is 9.62. The highest BCUT2D eigenvalue weighted by atomic mass is 16.5. The maximum Gasteiger partial charge on any atom is 0.317 e. The van der Waals surface area contributed by atoms with Crippen LogP contribution in [0.4, 0.5) is 4.79 Å². The molecule has 1 saturated carbocycles. The number of nitrogens with zero attached hydrogens (tertiary/aromatic N) is 2. The quantitative estimate of drug-likeness (QED) is 0.543. The number of morpholine rings is 1. The van der Waals surface area contributed by atoms with Gasteiger partial charge in [0.1, 0.15) is 12.4 Å². The second kappa shape index (κ2) is 13.1. The van der Waals surface area contributed by atoms with Crippen LogP contribution in [0.1, 0.15) is 55.3 Å². The largest absolute Gasteiger partial charge is 0.492 e. The standard InChI is InChI=1S/C26H40N4O5/c31-24-7-4-12-30(26(33)27-21-5-2-1-3-6-21)19-23(24)28-25(32)20-8-10-22(11-9-20)35-18-15-29-13-16-34-17-14-29/h8-11,21,23-24,31H,1-7,12-19H2,(H,27,33)(H,28,32)/t23-,24-/m1/s1. The van der Waals surface area contributed by atoms with Crippen molar-refractivity contribution in [3.8, 4) is 5.75 Å². The summed E-state index contributed by atoms with van der Waals surface area (Å²) in [5, 5.41) is 16.7. The monoisotopic (exact) mass is 488 g/mol. The molecule has 2 heterocycles. The lowest BCUT2D eigenvalue weighted by Crippen LogP contribution is -2.53. The van der Waals surface area contributed by atoms with E-state index in [2.05, 4.69) is 15.5 Å². The molecule has 2 atom stereocenters. The molecule has 3 N–H and O–H groups in total. The molecule has 4 rings (SSSR count). The van der Waals surface area contributed by atoms with Gasteiger partial charge < -0.3 is 30.1 Å². The SMILES string of the molecule is O=C(N[C@@H]1CN(C(=O)NC2CCCCC2)CCC[C@H]1O)c1ccc(OCCN2CCOCC2)cc1. The van der Waals surface area contributed by atoms with E-state index >= 15 is 0 Å². The number of hydrogen-bond donors (Lipinski definition) is 3. The summed E-state index contributed by atoms with van der Waals surface area (Å²) in [6.07, 6.45) is 6.16. The molecule has 0 bridgehead atoms. The van der Waals surface area contributed by atoms with Gasteiger partial charge in [0.2, 0.25) is 0 Å². The Balaban J connectivity index is 1.26. The van der Waals surface area contributed by atoms with E-state index in [9.17, 15) is 14.7 Å². The fraction of sp³-hybridized carbons (Fsp3) is 0.692.